The number of carboxylic acid groups (broad SMARTS) is 1. The average Bonchev–Trinajstić information content (AvgIpc) is 2.67. The van der Waals surface area contributed by atoms with E-state index in [0.29, 0.717) is 17.2 Å². The second-order valence-electron chi connectivity index (χ2n) is 7.32. The van der Waals surface area contributed by atoms with Gasteiger partial charge in [-0.15, -0.1) is 0 Å². The van der Waals surface area contributed by atoms with Crippen molar-refractivity contribution >= 4 is 48.4 Å². The molecule has 2 rings (SSSR count). The van der Waals surface area contributed by atoms with Crippen LogP contribution in [0, 0.1) is 5.92 Å². The van der Waals surface area contributed by atoms with E-state index in [1.807, 2.05) is 0 Å². The van der Waals surface area contributed by atoms with Crippen LogP contribution in [-0.4, -0.2) is 52.4 Å². The number of β-lactam (4-membered cyclic amide) rings is 1. The van der Waals surface area contributed by atoms with Gasteiger partial charge < -0.3 is 14.4 Å². The van der Waals surface area contributed by atoms with Gasteiger partial charge in [-0.3, -0.25) is 4.79 Å². The molecule has 0 saturated carbocycles. The molecule has 0 aromatic rings. The average molecular weight is 362 g/mol. The van der Waals surface area contributed by atoms with Crippen LogP contribution < -0.4 is 0 Å². The van der Waals surface area contributed by atoms with E-state index >= 15 is 0 Å². The SMILES string of the molecule is CC(C)(C)[Si](C)(C)OCC[C@H]1C(=O)N2[C@@H](C(=O)O)C(=S)S[C@H]12. The van der Waals surface area contributed by atoms with E-state index in [1.54, 1.807) is 0 Å². The van der Waals surface area contributed by atoms with Crippen LogP contribution in [0.25, 0.3) is 0 Å². The third kappa shape index (κ3) is 2.98. The van der Waals surface area contributed by atoms with Crippen LogP contribution in [0.5, 0.6) is 0 Å². The Bertz CT molecular complexity index is 517. The molecular weight excluding hydrogens is 338 g/mol. The van der Waals surface area contributed by atoms with Gasteiger partial charge in [-0.2, -0.15) is 0 Å². The summed E-state index contributed by atoms with van der Waals surface area (Å²) in [5, 5.41) is 9.19. The zero-order valence-electron chi connectivity index (χ0n) is 13.6. The lowest BCUT2D eigenvalue weighted by Crippen LogP contribution is -2.61. The molecule has 2 fully saturated rings. The number of carboxylic acids is 1. The van der Waals surface area contributed by atoms with Gasteiger partial charge in [-0.05, 0) is 24.6 Å². The third-order valence-corrected chi connectivity index (χ3v) is 11.2. The molecule has 2 aliphatic rings. The van der Waals surface area contributed by atoms with Crippen molar-refractivity contribution in [3.05, 3.63) is 0 Å². The number of rotatable bonds is 5. The van der Waals surface area contributed by atoms with E-state index in [9.17, 15) is 9.59 Å². The van der Waals surface area contributed by atoms with Crippen molar-refractivity contribution in [2.75, 3.05) is 6.61 Å². The second kappa shape index (κ2) is 5.88. The predicted molar refractivity (Wildman–Crippen MR) is 93.5 cm³/mol. The fraction of sp³-hybridized carbons (Fsp3) is 0.786. The van der Waals surface area contributed by atoms with E-state index in [2.05, 4.69) is 33.9 Å². The summed E-state index contributed by atoms with van der Waals surface area (Å²) >= 11 is 6.44. The van der Waals surface area contributed by atoms with Crippen molar-refractivity contribution in [2.45, 2.75) is 56.7 Å². The number of nitrogens with zero attached hydrogens (tertiary/aromatic N) is 1. The predicted octanol–water partition coefficient (Wildman–Crippen LogP) is 2.71. The van der Waals surface area contributed by atoms with Gasteiger partial charge in [0.2, 0.25) is 5.91 Å². The Balaban J connectivity index is 1.91. The third-order valence-electron chi connectivity index (χ3n) is 4.86. The lowest BCUT2D eigenvalue weighted by molar-refractivity contribution is -0.160. The van der Waals surface area contributed by atoms with Gasteiger partial charge in [-0.25, -0.2) is 4.79 Å². The number of carbonyl (C=O) groups is 2. The van der Waals surface area contributed by atoms with Crippen molar-refractivity contribution in [3.8, 4) is 0 Å². The highest BCUT2D eigenvalue weighted by Gasteiger charge is 2.58. The molecule has 0 unspecified atom stereocenters. The zero-order chi connectivity index (χ0) is 16.9. The molecule has 0 aliphatic carbocycles. The molecule has 0 bridgehead atoms. The minimum atomic E-state index is -1.81. The molecule has 124 valence electrons. The lowest BCUT2D eigenvalue weighted by Gasteiger charge is -2.43. The first-order valence-electron chi connectivity index (χ1n) is 7.37. The van der Waals surface area contributed by atoms with E-state index in [-0.39, 0.29) is 22.2 Å². The van der Waals surface area contributed by atoms with E-state index < -0.39 is 20.3 Å². The van der Waals surface area contributed by atoms with E-state index in [4.69, 9.17) is 21.8 Å². The molecule has 2 aliphatic heterocycles. The fourth-order valence-electron chi connectivity index (χ4n) is 2.40. The molecule has 1 N–H and O–H groups in total. The molecule has 2 saturated heterocycles. The Hall–Kier alpha value is -0.443. The summed E-state index contributed by atoms with van der Waals surface area (Å²) in [5.41, 5.74) is 0. The maximum absolute atomic E-state index is 12.2. The van der Waals surface area contributed by atoms with E-state index in [0.717, 1.165) is 0 Å². The minimum Gasteiger partial charge on any atom is -0.479 e. The van der Waals surface area contributed by atoms with Crippen LogP contribution in [0.3, 0.4) is 0 Å². The van der Waals surface area contributed by atoms with Crippen LogP contribution in [-0.2, 0) is 14.0 Å². The molecule has 5 nitrogen and oxygen atoms in total. The Morgan fingerprint density at radius 2 is 2.05 bits per heavy atom. The van der Waals surface area contributed by atoms with Gasteiger partial charge >= 0.3 is 5.97 Å². The van der Waals surface area contributed by atoms with Gasteiger partial charge in [0.1, 0.15) is 0 Å². The molecule has 3 atom stereocenters. The highest BCUT2D eigenvalue weighted by atomic mass is 32.2. The lowest BCUT2D eigenvalue weighted by atomic mass is 9.93. The quantitative estimate of drug-likeness (QED) is 0.461. The van der Waals surface area contributed by atoms with Crippen molar-refractivity contribution < 1.29 is 19.1 Å². The van der Waals surface area contributed by atoms with Crippen LogP contribution in [0.4, 0.5) is 0 Å². The second-order valence-corrected chi connectivity index (χ2v) is 14.0. The van der Waals surface area contributed by atoms with Crippen LogP contribution >= 0.6 is 24.0 Å². The summed E-state index contributed by atoms with van der Waals surface area (Å²) in [4.78, 5) is 24.8. The van der Waals surface area contributed by atoms with Gasteiger partial charge in [0.15, 0.2) is 14.4 Å². The molecule has 8 heteroatoms. The molecule has 0 aromatic carbocycles. The maximum Gasteiger partial charge on any atom is 0.332 e. The summed E-state index contributed by atoms with van der Waals surface area (Å²) in [6.07, 6.45) is 0.633. The van der Waals surface area contributed by atoms with Crippen molar-refractivity contribution in [1.82, 2.24) is 4.90 Å². The number of fused-ring (bicyclic) bond motifs is 1. The first-order chi connectivity index (χ1) is 9.97. The number of aliphatic carboxylic acids is 1. The molecule has 0 radical (unpaired) electrons. The van der Waals surface area contributed by atoms with Crippen molar-refractivity contribution in [2.24, 2.45) is 5.92 Å². The summed E-state index contributed by atoms with van der Waals surface area (Å²) in [6.45, 7) is 11.4. The number of amides is 1. The molecule has 0 spiro atoms. The topological polar surface area (TPSA) is 66.8 Å². The maximum atomic E-state index is 12.2. The van der Waals surface area contributed by atoms with Gasteiger partial charge in [0, 0.05) is 6.61 Å². The minimum absolute atomic E-state index is 0.108. The van der Waals surface area contributed by atoms with Gasteiger partial charge in [0.05, 0.1) is 15.5 Å². The van der Waals surface area contributed by atoms with Crippen LogP contribution in [0.1, 0.15) is 27.2 Å². The Labute approximate surface area is 141 Å². The summed E-state index contributed by atoms with van der Waals surface area (Å²) in [5.74, 6) is -1.31. The highest BCUT2D eigenvalue weighted by molar-refractivity contribution is 8.24. The summed E-state index contributed by atoms with van der Waals surface area (Å²) in [6, 6.07) is -0.935. The first kappa shape index (κ1) is 17.9. The Kier molecular flexibility index (Phi) is 4.79. The van der Waals surface area contributed by atoms with E-state index in [1.165, 1.54) is 16.7 Å². The summed E-state index contributed by atoms with van der Waals surface area (Å²) in [7, 11) is -1.81. The Morgan fingerprint density at radius 1 is 1.45 bits per heavy atom. The van der Waals surface area contributed by atoms with Crippen molar-refractivity contribution in [3.63, 3.8) is 0 Å². The van der Waals surface area contributed by atoms with Gasteiger partial charge in [0.25, 0.3) is 0 Å². The number of carbonyl (C=O) groups excluding carboxylic acids is 1. The van der Waals surface area contributed by atoms with Crippen LogP contribution in [0.2, 0.25) is 18.1 Å². The molecule has 22 heavy (non-hydrogen) atoms. The largest absolute Gasteiger partial charge is 0.479 e. The standard InChI is InChI=1S/C14H23NO4S2Si/c1-14(2,3)22(4,5)19-7-6-8-10(16)15-9(12(17)18)13(20)21-11(8)15/h8-9,11H,6-7H2,1-5H3,(H,17,18)/t8-,9-,11+/m0/s1. The Morgan fingerprint density at radius 3 is 2.55 bits per heavy atom. The number of thiocarbonyl (C=S) groups is 1. The monoisotopic (exact) mass is 361 g/mol. The number of thioether (sulfide) groups is 1. The molecule has 0 aromatic heterocycles. The number of hydrogen-bond acceptors (Lipinski definition) is 5. The first-order valence-corrected chi connectivity index (χ1v) is 11.6. The molecule has 1 amide bonds. The summed E-state index contributed by atoms with van der Waals surface area (Å²) < 4.78 is 6.50. The number of hydrogen-bond donors (Lipinski definition) is 1. The molecular formula is C14H23NO4S2Si. The normalized spacial score (nSPS) is 28.6. The molecule has 2 heterocycles. The fourth-order valence-corrected chi connectivity index (χ4v) is 5.31. The van der Waals surface area contributed by atoms with Gasteiger partial charge in [-0.1, -0.05) is 44.8 Å². The zero-order valence-corrected chi connectivity index (χ0v) is 16.2. The smallest absolute Gasteiger partial charge is 0.332 e. The van der Waals surface area contributed by atoms with Crippen LogP contribution in [0.15, 0.2) is 0 Å². The highest BCUT2D eigenvalue weighted by Crippen LogP contribution is 2.46. The van der Waals surface area contributed by atoms with Crippen molar-refractivity contribution in [1.29, 1.82) is 0 Å².